The van der Waals surface area contributed by atoms with Gasteiger partial charge in [0.25, 0.3) is 0 Å². The SMILES string of the molecule is COc1c2c(cc3c1C(CC(=O)c1cccc(NO)c1)[N+](C)(C)CC3)OCO2. The minimum absolute atomic E-state index is 0.0147. The maximum absolute atomic E-state index is 13.1. The van der Waals surface area contributed by atoms with Gasteiger partial charge in [-0.25, -0.2) is 0 Å². The smallest absolute Gasteiger partial charge is 0.231 e. The Morgan fingerprint density at radius 1 is 1.32 bits per heavy atom. The third kappa shape index (κ3) is 3.06. The van der Waals surface area contributed by atoms with Gasteiger partial charge in [-0.05, 0) is 23.8 Å². The van der Waals surface area contributed by atoms with E-state index in [0.29, 0.717) is 39.4 Å². The van der Waals surface area contributed by atoms with Gasteiger partial charge >= 0.3 is 0 Å². The van der Waals surface area contributed by atoms with Crippen molar-refractivity contribution in [2.75, 3.05) is 40.0 Å². The molecule has 1 unspecified atom stereocenters. The average Bonchev–Trinajstić information content (AvgIpc) is 3.16. The lowest BCUT2D eigenvalue weighted by Gasteiger charge is -2.43. The van der Waals surface area contributed by atoms with Gasteiger partial charge in [-0.3, -0.25) is 15.5 Å². The van der Waals surface area contributed by atoms with Crippen molar-refractivity contribution in [1.29, 1.82) is 0 Å². The van der Waals surface area contributed by atoms with Gasteiger partial charge in [0.15, 0.2) is 17.3 Å². The first-order valence-corrected chi connectivity index (χ1v) is 9.30. The lowest BCUT2D eigenvalue weighted by molar-refractivity contribution is -0.922. The molecule has 0 aromatic heterocycles. The van der Waals surface area contributed by atoms with Crippen LogP contribution in [0.3, 0.4) is 0 Å². The molecule has 4 rings (SSSR count). The van der Waals surface area contributed by atoms with Crippen LogP contribution >= 0.6 is 0 Å². The fourth-order valence-corrected chi connectivity index (χ4v) is 4.17. The number of hydrogen-bond donors (Lipinski definition) is 2. The van der Waals surface area contributed by atoms with Crippen LogP contribution in [0, 0.1) is 0 Å². The summed E-state index contributed by atoms with van der Waals surface area (Å²) in [6, 6.07) is 8.82. The normalized spacial score (nSPS) is 19.1. The molecule has 0 saturated carbocycles. The number of rotatable bonds is 5. The van der Waals surface area contributed by atoms with Crippen molar-refractivity contribution in [3.05, 3.63) is 47.0 Å². The van der Waals surface area contributed by atoms with E-state index in [-0.39, 0.29) is 18.6 Å². The number of Topliss-reactive ketones (excluding diaryl/α,β-unsaturated/α-hetero) is 1. The molecular formula is C21H25N2O5+. The van der Waals surface area contributed by atoms with E-state index < -0.39 is 0 Å². The van der Waals surface area contributed by atoms with E-state index >= 15 is 0 Å². The average molecular weight is 385 g/mol. The number of likely N-dealkylation sites (N-methyl/N-ethyl adjacent to an activating group) is 1. The zero-order chi connectivity index (χ0) is 19.9. The molecule has 2 heterocycles. The molecule has 2 aromatic carbocycles. The van der Waals surface area contributed by atoms with Crippen LogP contribution in [0.1, 0.15) is 33.9 Å². The minimum atomic E-state index is -0.0774. The van der Waals surface area contributed by atoms with Gasteiger partial charge in [-0.2, -0.15) is 0 Å². The Hall–Kier alpha value is -2.77. The highest BCUT2D eigenvalue weighted by molar-refractivity contribution is 5.97. The van der Waals surface area contributed by atoms with E-state index in [1.165, 1.54) is 0 Å². The monoisotopic (exact) mass is 385 g/mol. The first-order valence-electron chi connectivity index (χ1n) is 9.30. The van der Waals surface area contributed by atoms with Crippen LogP contribution in [0.25, 0.3) is 0 Å². The summed E-state index contributed by atoms with van der Waals surface area (Å²) in [5, 5.41) is 9.13. The van der Waals surface area contributed by atoms with Crippen LogP contribution in [0.5, 0.6) is 17.2 Å². The molecule has 0 fully saturated rings. The summed E-state index contributed by atoms with van der Waals surface area (Å²) in [4.78, 5) is 13.1. The predicted molar refractivity (Wildman–Crippen MR) is 103 cm³/mol. The first kappa shape index (κ1) is 18.6. The molecule has 2 aliphatic rings. The fraction of sp³-hybridized carbons (Fsp3) is 0.381. The maximum Gasteiger partial charge on any atom is 0.231 e. The molecule has 7 nitrogen and oxygen atoms in total. The van der Waals surface area contributed by atoms with Gasteiger partial charge in [0.05, 0.1) is 45.4 Å². The molecule has 2 N–H and O–H groups in total. The van der Waals surface area contributed by atoms with E-state index in [1.54, 1.807) is 31.4 Å². The van der Waals surface area contributed by atoms with Crippen molar-refractivity contribution >= 4 is 11.5 Å². The number of ketones is 1. The number of methoxy groups -OCH3 is 1. The molecular weight excluding hydrogens is 360 g/mol. The number of quaternary nitrogens is 1. The summed E-state index contributed by atoms with van der Waals surface area (Å²) >= 11 is 0. The molecule has 0 amide bonds. The maximum atomic E-state index is 13.1. The number of carbonyl (C=O) groups is 1. The van der Waals surface area contributed by atoms with Gasteiger partial charge in [-0.15, -0.1) is 0 Å². The highest BCUT2D eigenvalue weighted by atomic mass is 16.7. The molecule has 2 aliphatic heterocycles. The molecule has 0 aliphatic carbocycles. The molecule has 2 aromatic rings. The number of ether oxygens (including phenoxy) is 3. The molecule has 28 heavy (non-hydrogen) atoms. The second kappa shape index (κ2) is 7.00. The van der Waals surface area contributed by atoms with Crippen LogP contribution in [-0.2, 0) is 6.42 Å². The summed E-state index contributed by atoms with van der Waals surface area (Å²) in [6.45, 7) is 1.09. The van der Waals surface area contributed by atoms with Crippen LogP contribution in [0.15, 0.2) is 30.3 Å². The summed E-state index contributed by atoms with van der Waals surface area (Å²) in [6.07, 6.45) is 1.20. The van der Waals surface area contributed by atoms with Gasteiger partial charge in [0.2, 0.25) is 12.5 Å². The predicted octanol–water partition coefficient (Wildman–Crippen LogP) is 3.17. The summed E-state index contributed by atoms with van der Waals surface area (Å²) < 4.78 is 17.6. The van der Waals surface area contributed by atoms with Crippen molar-refractivity contribution in [3.8, 4) is 17.2 Å². The van der Waals surface area contributed by atoms with Crippen molar-refractivity contribution in [2.24, 2.45) is 0 Å². The zero-order valence-electron chi connectivity index (χ0n) is 16.3. The first-order chi connectivity index (χ1) is 13.4. The van der Waals surface area contributed by atoms with Crippen molar-refractivity contribution in [3.63, 3.8) is 0 Å². The van der Waals surface area contributed by atoms with E-state index in [1.807, 2.05) is 6.07 Å². The standard InChI is InChI=1S/C21H25N2O5/c1-23(2)8-7-14-10-18-20(28-12-27-18)21(26-3)19(14)16(23)11-17(24)13-5-4-6-15(9-13)22-25/h4-6,9-10,16,22,25H,7-8,11-12H2,1-3H3/q+1. The van der Waals surface area contributed by atoms with E-state index in [9.17, 15) is 4.79 Å². The van der Waals surface area contributed by atoms with E-state index in [0.717, 1.165) is 24.1 Å². The Labute approximate surface area is 164 Å². The van der Waals surface area contributed by atoms with Crippen molar-refractivity contribution < 1.29 is 28.7 Å². The Balaban J connectivity index is 1.75. The van der Waals surface area contributed by atoms with Gasteiger partial charge < -0.3 is 18.7 Å². The van der Waals surface area contributed by atoms with Crippen molar-refractivity contribution in [1.82, 2.24) is 0 Å². The van der Waals surface area contributed by atoms with E-state index in [2.05, 4.69) is 19.6 Å². The number of benzene rings is 2. The molecule has 0 spiro atoms. The largest absolute Gasteiger partial charge is 0.492 e. The summed E-state index contributed by atoms with van der Waals surface area (Å²) in [5.74, 6) is 2.00. The number of fused-ring (bicyclic) bond motifs is 2. The summed E-state index contributed by atoms with van der Waals surface area (Å²) in [5.41, 5.74) is 5.31. The molecule has 0 saturated heterocycles. The number of nitrogens with zero attached hydrogens (tertiary/aromatic N) is 1. The van der Waals surface area contributed by atoms with Gasteiger partial charge in [0.1, 0.15) is 6.04 Å². The number of carbonyl (C=O) groups excluding carboxylic acids is 1. The third-order valence-corrected chi connectivity index (χ3v) is 5.77. The Morgan fingerprint density at radius 2 is 2.14 bits per heavy atom. The zero-order valence-corrected chi connectivity index (χ0v) is 16.3. The fourth-order valence-electron chi connectivity index (χ4n) is 4.17. The minimum Gasteiger partial charge on any atom is -0.492 e. The molecule has 7 heteroatoms. The highest BCUT2D eigenvalue weighted by Gasteiger charge is 2.42. The lowest BCUT2D eigenvalue weighted by Crippen LogP contribution is -2.48. The second-order valence-electron chi connectivity index (χ2n) is 7.80. The van der Waals surface area contributed by atoms with Crippen LogP contribution in [-0.4, -0.2) is 50.0 Å². The van der Waals surface area contributed by atoms with Crippen LogP contribution < -0.4 is 19.7 Å². The highest BCUT2D eigenvalue weighted by Crippen LogP contribution is 2.51. The molecule has 148 valence electrons. The van der Waals surface area contributed by atoms with Crippen LogP contribution in [0.4, 0.5) is 5.69 Å². The summed E-state index contributed by atoms with van der Waals surface area (Å²) in [7, 11) is 5.90. The quantitative estimate of drug-likeness (QED) is 0.468. The Kier molecular flexibility index (Phi) is 4.64. The Morgan fingerprint density at radius 3 is 2.89 bits per heavy atom. The van der Waals surface area contributed by atoms with Crippen molar-refractivity contribution in [2.45, 2.75) is 18.9 Å². The Bertz CT molecular complexity index is 925. The number of hydrogen-bond acceptors (Lipinski definition) is 6. The molecule has 0 bridgehead atoms. The lowest BCUT2D eigenvalue weighted by atomic mass is 9.86. The topological polar surface area (TPSA) is 77.0 Å². The molecule has 0 radical (unpaired) electrons. The third-order valence-electron chi connectivity index (χ3n) is 5.77. The van der Waals surface area contributed by atoms with Gasteiger partial charge in [0, 0.05) is 12.0 Å². The van der Waals surface area contributed by atoms with Gasteiger partial charge in [-0.1, -0.05) is 12.1 Å². The second-order valence-corrected chi connectivity index (χ2v) is 7.80. The molecule has 1 atom stereocenters. The van der Waals surface area contributed by atoms with E-state index in [4.69, 9.17) is 19.4 Å². The number of nitrogens with one attached hydrogen (secondary N) is 1. The number of anilines is 1. The van der Waals surface area contributed by atoms with Crippen LogP contribution in [0.2, 0.25) is 0 Å².